The summed E-state index contributed by atoms with van der Waals surface area (Å²) in [6, 6.07) is 18.5. The molecule has 0 saturated carbocycles. The van der Waals surface area contributed by atoms with Crippen LogP contribution in [0.1, 0.15) is 61.0 Å². The van der Waals surface area contributed by atoms with Gasteiger partial charge in [0.15, 0.2) is 0 Å². The molecule has 0 aliphatic carbocycles. The van der Waals surface area contributed by atoms with Crippen LogP contribution in [0.5, 0.6) is 17.2 Å². The molecular formula is C36H43N2NaO5S. The summed E-state index contributed by atoms with van der Waals surface area (Å²) in [5.41, 5.74) is 6.69. The van der Waals surface area contributed by atoms with Gasteiger partial charge in [-0.3, -0.25) is 19.8 Å². The van der Waals surface area contributed by atoms with E-state index >= 15 is 0 Å². The topological polar surface area (TPSA) is 77.1 Å². The minimum absolute atomic E-state index is 0. The second kappa shape index (κ2) is 14.5. The van der Waals surface area contributed by atoms with Crippen molar-refractivity contribution in [2.45, 2.75) is 83.3 Å². The minimum atomic E-state index is -0.358. The third-order valence-corrected chi connectivity index (χ3v) is 10.4. The molecule has 234 valence electrons. The monoisotopic (exact) mass is 638 g/mol. The summed E-state index contributed by atoms with van der Waals surface area (Å²) in [6.45, 7) is 11.8. The molecule has 9 heteroatoms. The van der Waals surface area contributed by atoms with Gasteiger partial charge in [0.1, 0.15) is 36.1 Å². The zero-order valence-corrected chi connectivity index (χ0v) is 29.9. The van der Waals surface area contributed by atoms with Crippen LogP contribution >= 0.6 is 11.8 Å². The van der Waals surface area contributed by atoms with Crippen molar-refractivity contribution in [1.82, 2.24) is 10.2 Å². The smallest absolute Gasteiger partial charge is 1.00 e. The largest absolute Gasteiger partial charge is 1.00 e. The molecule has 0 radical (unpaired) electrons. The van der Waals surface area contributed by atoms with E-state index in [4.69, 9.17) is 14.2 Å². The molecule has 2 amide bonds. The second-order valence-electron chi connectivity index (χ2n) is 12.6. The molecule has 3 aromatic carbocycles. The van der Waals surface area contributed by atoms with E-state index in [1.54, 1.807) is 0 Å². The predicted octanol–water partition coefficient (Wildman–Crippen LogP) is 3.83. The Morgan fingerprint density at radius 3 is 2.47 bits per heavy atom. The maximum Gasteiger partial charge on any atom is 1.00 e. The summed E-state index contributed by atoms with van der Waals surface area (Å²) >= 11 is 1.06. The van der Waals surface area contributed by atoms with E-state index in [0.29, 0.717) is 25.7 Å². The van der Waals surface area contributed by atoms with Gasteiger partial charge in [0.2, 0.25) is 5.91 Å². The van der Waals surface area contributed by atoms with Gasteiger partial charge in [-0.05, 0) is 106 Å². The first-order valence-corrected chi connectivity index (χ1v) is 16.5. The number of rotatable bonds is 10. The number of carbonyl (C=O) groups excluding carboxylic acids is 2. The van der Waals surface area contributed by atoms with Crippen molar-refractivity contribution in [1.29, 1.82) is 0 Å². The van der Waals surface area contributed by atoms with Gasteiger partial charge in [-0.25, -0.2) is 0 Å². The Kier molecular flexibility index (Phi) is 10.9. The Hall–Kier alpha value is -2.49. The Bertz CT molecular complexity index is 1540. The van der Waals surface area contributed by atoms with Gasteiger partial charge in [-0.1, -0.05) is 54.2 Å². The van der Waals surface area contributed by atoms with E-state index in [2.05, 4.69) is 50.0 Å². The molecule has 3 aliphatic heterocycles. The van der Waals surface area contributed by atoms with Crippen molar-refractivity contribution in [2.24, 2.45) is 0 Å². The number of fused-ring (bicyclic) bond motifs is 1. The Balaban J connectivity index is 0.00000240. The number of thioether (sulfide) groups is 1. The first kappa shape index (κ1) is 33.9. The third-order valence-electron chi connectivity index (χ3n) is 9.38. The number of nitrogens with one attached hydrogen (secondary N) is 1. The molecule has 2 unspecified atom stereocenters. The summed E-state index contributed by atoms with van der Waals surface area (Å²) in [6.07, 6.45) is 4.71. The van der Waals surface area contributed by atoms with Crippen LogP contribution in [0.4, 0.5) is 4.79 Å². The molecular weight excluding hydrogens is 595 g/mol. The van der Waals surface area contributed by atoms with Gasteiger partial charge in [0.25, 0.3) is 5.24 Å². The van der Waals surface area contributed by atoms with Crippen LogP contribution < -0.4 is 49.1 Å². The molecule has 6 rings (SSSR count). The minimum Gasteiger partial charge on any atom is -1.00 e. The van der Waals surface area contributed by atoms with Crippen LogP contribution in [0.25, 0.3) is 0 Å². The molecule has 45 heavy (non-hydrogen) atoms. The molecule has 3 atom stereocenters. The summed E-state index contributed by atoms with van der Waals surface area (Å²) in [7, 11) is 0. The first-order chi connectivity index (χ1) is 21.2. The van der Waals surface area contributed by atoms with Crippen LogP contribution in [0.15, 0.2) is 54.6 Å². The summed E-state index contributed by atoms with van der Waals surface area (Å²) in [5, 5.41) is 1.73. The Morgan fingerprint density at radius 2 is 1.76 bits per heavy atom. The van der Waals surface area contributed by atoms with Gasteiger partial charge < -0.3 is 15.6 Å². The molecule has 2 fully saturated rings. The van der Waals surface area contributed by atoms with Crippen molar-refractivity contribution in [3.05, 3.63) is 88.0 Å². The molecule has 1 N–H and O–H groups in total. The normalized spacial score (nSPS) is 22.8. The Morgan fingerprint density at radius 1 is 1.00 bits per heavy atom. The molecule has 3 aromatic rings. The van der Waals surface area contributed by atoms with Crippen LogP contribution in [0.3, 0.4) is 0 Å². The number of amides is 2. The van der Waals surface area contributed by atoms with E-state index in [9.17, 15) is 9.59 Å². The molecule has 0 spiro atoms. The molecule has 3 heterocycles. The fourth-order valence-corrected chi connectivity index (χ4v) is 7.58. The van der Waals surface area contributed by atoms with Crippen molar-refractivity contribution in [3.63, 3.8) is 0 Å². The number of benzene rings is 3. The summed E-state index contributed by atoms with van der Waals surface area (Å²) in [5.74, 6) is 2.63. The van der Waals surface area contributed by atoms with Crippen LogP contribution in [0, 0.1) is 20.8 Å². The number of nitrogens with zero attached hydrogens (tertiary/aromatic N) is 1. The number of hydrogen-bond acceptors (Lipinski definition) is 7. The van der Waals surface area contributed by atoms with Crippen molar-refractivity contribution in [3.8, 4) is 17.2 Å². The first-order valence-electron chi connectivity index (χ1n) is 15.6. The van der Waals surface area contributed by atoms with Crippen LogP contribution in [-0.2, 0) is 24.2 Å². The standard InChI is InChI=1S/C36H42N2O5S.Na.H/c1-23-24(2)33-30(25(3)32(23)42-20-27-9-6-5-7-10-27)16-17-36(4,43-33)22-38-18-8-11-28(38)21-41-29-14-12-26(13-15-29)19-31-34(39)37-35(40)44-31;;/h5-7,9-10,12-15,28,31H,8,11,16-22H2,1-4H3,(H,37,39,40);;/q;+1;-1/t28-,31?,36?;;/m0../s1. The number of ether oxygens (including phenoxy) is 3. The fourth-order valence-electron chi connectivity index (χ4n) is 6.72. The molecule has 2 saturated heterocycles. The van der Waals surface area contributed by atoms with E-state index in [1.165, 1.54) is 22.3 Å². The van der Waals surface area contributed by atoms with Gasteiger partial charge in [-0.2, -0.15) is 0 Å². The van der Waals surface area contributed by atoms with E-state index < -0.39 is 0 Å². The molecule has 7 nitrogen and oxygen atoms in total. The van der Waals surface area contributed by atoms with Crippen molar-refractivity contribution >= 4 is 22.9 Å². The van der Waals surface area contributed by atoms with Gasteiger partial charge in [-0.15, -0.1) is 0 Å². The van der Waals surface area contributed by atoms with Crippen LogP contribution in [0.2, 0.25) is 0 Å². The average molecular weight is 639 g/mol. The fraction of sp³-hybridized carbons (Fsp3) is 0.444. The third kappa shape index (κ3) is 7.74. The summed E-state index contributed by atoms with van der Waals surface area (Å²) in [4.78, 5) is 25.9. The number of carbonyl (C=O) groups is 2. The molecule has 0 bridgehead atoms. The average Bonchev–Trinajstić information content (AvgIpc) is 3.59. The quantitative estimate of drug-likeness (QED) is 0.339. The Labute approximate surface area is 294 Å². The summed E-state index contributed by atoms with van der Waals surface area (Å²) < 4.78 is 19.5. The van der Waals surface area contributed by atoms with Crippen LogP contribution in [-0.4, -0.2) is 52.6 Å². The predicted molar refractivity (Wildman–Crippen MR) is 175 cm³/mol. The van der Waals surface area contributed by atoms with E-state index in [1.807, 2.05) is 42.5 Å². The van der Waals surface area contributed by atoms with Gasteiger partial charge in [0.05, 0.1) is 5.25 Å². The zero-order chi connectivity index (χ0) is 30.8. The van der Waals surface area contributed by atoms with Crippen molar-refractivity contribution in [2.75, 3.05) is 19.7 Å². The maximum absolute atomic E-state index is 11.9. The number of hydrogen-bond donors (Lipinski definition) is 1. The van der Waals surface area contributed by atoms with Gasteiger partial charge in [0, 0.05) is 18.2 Å². The maximum atomic E-state index is 11.9. The van der Waals surface area contributed by atoms with Crippen molar-refractivity contribution < 1.29 is 54.8 Å². The van der Waals surface area contributed by atoms with E-state index in [-0.39, 0.29) is 53.0 Å². The molecule has 3 aliphatic rings. The number of likely N-dealkylation sites (tertiary alicyclic amines) is 1. The number of imide groups is 1. The zero-order valence-electron chi connectivity index (χ0n) is 28.1. The van der Waals surface area contributed by atoms with Gasteiger partial charge >= 0.3 is 29.6 Å². The SMILES string of the molecule is Cc1c(C)c2c(c(C)c1OCc1ccccc1)CCC(C)(CN1CCC[C@H]1COc1ccc(CC3SC(=O)NC3=O)cc1)O2.[H-].[Na+]. The van der Waals surface area contributed by atoms with E-state index in [0.717, 1.165) is 78.9 Å². The molecule has 0 aromatic heterocycles. The second-order valence-corrected chi connectivity index (χ2v) is 13.8.